The van der Waals surface area contributed by atoms with Crippen molar-refractivity contribution in [2.75, 3.05) is 0 Å². The summed E-state index contributed by atoms with van der Waals surface area (Å²) in [6, 6.07) is 17.1. The van der Waals surface area contributed by atoms with Gasteiger partial charge in [-0.1, -0.05) is 42.8 Å². The first kappa shape index (κ1) is 15.6. The zero-order valence-electron chi connectivity index (χ0n) is 10.1. The monoisotopic (exact) mass is 327 g/mol. The van der Waals surface area contributed by atoms with E-state index in [2.05, 4.69) is 67.1 Å². The number of thiol groups is 1. The van der Waals surface area contributed by atoms with Gasteiger partial charge in [-0.15, -0.1) is 23.8 Å². The van der Waals surface area contributed by atoms with E-state index in [9.17, 15) is 0 Å². The average Bonchev–Trinajstić information content (AvgIpc) is 2.32. The van der Waals surface area contributed by atoms with Gasteiger partial charge in [-0.05, 0) is 11.1 Å². The van der Waals surface area contributed by atoms with Gasteiger partial charge in [0.2, 0.25) is 0 Å². The molecule has 0 N–H and O–H groups in total. The fraction of sp³-hybridized carbons (Fsp3) is 0.0625. The van der Waals surface area contributed by atoms with Crippen molar-refractivity contribution in [3.05, 3.63) is 77.2 Å². The van der Waals surface area contributed by atoms with Gasteiger partial charge in [-0.25, -0.2) is 0 Å². The molecule has 0 bridgehead atoms. The third kappa shape index (κ3) is 3.29. The molecule has 2 aromatic rings. The Bertz CT molecular complexity index is 497. The summed E-state index contributed by atoms with van der Waals surface area (Å²) in [4.78, 5) is 0. The zero-order valence-corrected chi connectivity index (χ0v) is 13.8. The van der Waals surface area contributed by atoms with Crippen molar-refractivity contribution >= 4 is 25.6 Å². The molecule has 2 heteroatoms. The van der Waals surface area contributed by atoms with Crippen molar-refractivity contribution < 1.29 is 32.7 Å². The summed E-state index contributed by atoms with van der Waals surface area (Å²) in [5.41, 5.74) is 5.35. The molecule has 18 heavy (non-hydrogen) atoms. The van der Waals surface area contributed by atoms with Crippen LogP contribution in [0.1, 0.15) is 22.3 Å². The van der Waals surface area contributed by atoms with E-state index >= 15 is 0 Å². The van der Waals surface area contributed by atoms with Crippen LogP contribution in [-0.4, -0.2) is 0 Å². The average molecular weight is 327 g/mol. The molecular weight excluding hydrogens is 313 g/mol. The summed E-state index contributed by atoms with van der Waals surface area (Å²) in [6.07, 6.45) is 7.72. The maximum Gasteiger partial charge on any atom is 0 e. The number of fused-ring (bicyclic) bond motifs is 2. The van der Waals surface area contributed by atoms with E-state index in [1.54, 1.807) is 0 Å². The predicted octanol–water partition coefficient (Wildman–Crippen LogP) is 3.69. The number of benzene rings is 2. The molecule has 0 nitrogen and oxygen atoms in total. The molecule has 0 saturated carbocycles. The normalized spacial score (nSPS) is 13.3. The minimum Gasteiger partial charge on any atom is -0.813 e. The molecule has 0 amide bonds. The molecule has 0 heterocycles. The Morgan fingerprint density at radius 2 is 1.39 bits per heavy atom. The van der Waals surface area contributed by atoms with E-state index in [1.165, 1.54) is 22.3 Å². The van der Waals surface area contributed by atoms with Gasteiger partial charge in [-0.2, -0.15) is 18.1 Å². The van der Waals surface area contributed by atoms with E-state index in [1.807, 2.05) is 0 Å². The standard InChI is InChI=1S/C16H13.H2S.Y/c1-2-6-14-11-12-16-8-4-3-7-15(16)10-9-13(14)5-1;;/h1-11H,12H2;1H2;/q-1;;/p-1/b10-9-;;. The van der Waals surface area contributed by atoms with Gasteiger partial charge in [0.1, 0.15) is 0 Å². The van der Waals surface area contributed by atoms with E-state index in [-0.39, 0.29) is 46.2 Å². The first-order chi connectivity index (χ1) is 7.93. The van der Waals surface area contributed by atoms with Crippen molar-refractivity contribution in [1.29, 1.82) is 0 Å². The van der Waals surface area contributed by atoms with Gasteiger partial charge < -0.3 is 13.5 Å². The Labute approximate surface area is 141 Å². The van der Waals surface area contributed by atoms with Crippen molar-refractivity contribution in [2.24, 2.45) is 0 Å². The van der Waals surface area contributed by atoms with Crippen LogP contribution < -0.4 is 0 Å². The van der Waals surface area contributed by atoms with E-state index in [0.717, 1.165) is 6.42 Å². The van der Waals surface area contributed by atoms with Crippen LogP contribution in [0.5, 0.6) is 0 Å². The second-order valence-electron chi connectivity index (χ2n) is 4.07. The van der Waals surface area contributed by atoms with E-state index in [4.69, 9.17) is 0 Å². The number of hydrogen-bond donors (Lipinski definition) is 0. The fourth-order valence-electron chi connectivity index (χ4n) is 2.13. The fourth-order valence-corrected chi connectivity index (χ4v) is 2.13. The molecule has 89 valence electrons. The van der Waals surface area contributed by atoms with Gasteiger partial charge >= 0.3 is 0 Å². The Kier molecular flexibility index (Phi) is 6.21. The summed E-state index contributed by atoms with van der Waals surface area (Å²) in [5, 5.41) is 0. The molecule has 2 aromatic carbocycles. The summed E-state index contributed by atoms with van der Waals surface area (Å²) in [6.45, 7) is 0. The smallest absolute Gasteiger partial charge is 0 e. The molecule has 0 saturated heterocycles. The van der Waals surface area contributed by atoms with Crippen molar-refractivity contribution in [2.45, 2.75) is 6.42 Å². The van der Waals surface area contributed by atoms with Crippen LogP contribution >= 0.6 is 0 Å². The SMILES string of the molecule is C1=C\c2ccccc2C[CH-]c2ccccc2/1.[SH-].[Y]. The maximum absolute atomic E-state index is 2.30. The van der Waals surface area contributed by atoms with Crippen LogP contribution in [0.4, 0.5) is 0 Å². The minimum atomic E-state index is 0. The summed E-state index contributed by atoms with van der Waals surface area (Å²) in [7, 11) is 0. The molecule has 0 aromatic heterocycles. The molecule has 0 unspecified atom stereocenters. The quantitative estimate of drug-likeness (QED) is 0.404. The van der Waals surface area contributed by atoms with Crippen LogP contribution in [0.2, 0.25) is 0 Å². The first-order valence-corrected chi connectivity index (χ1v) is 5.62. The van der Waals surface area contributed by atoms with Crippen LogP contribution in [0, 0.1) is 6.42 Å². The van der Waals surface area contributed by atoms with Crippen molar-refractivity contribution in [3.8, 4) is 0 Å². The van der Waals surface area contributed by atoms with Crippen molar-refractivity contribution in [1.82, 2.24) is 0 Å². The Balaban J connectivity index is 0.000000810. The Hall–Kier alpha value is -0.496. The molecule has 1 aliphatic carbocycles. The molecule has 0 fully saturated rings. The van der Waals surface area contributed by atoms with Crippen molar-refractivity contribution in [3.63, 3.8) is 0 Å². The van der Waals surface area contributed by atoms with Crippen LogP contribution in [-0.2, 0) is 52.6 Å². The van der Waals surface area contributed by atoms with Gasteiger partial charge in [0.25, 0.3) is 0 Å². The molecule has 1 aliphatic rings. The van der Waals surface area contributed by atoms with Crippen LogP contribution in [0.3, 0.4) is 0 Å². The second kappa shape index (κ2) is 7.18. The molecular formula is C16H14SY-2. The number of rotatable bonds is 0. The zero-order chi connectivity index (χ0) is 10.8. The third-order valence-corrected chi connectivity index (χ3v) is 3.04. The Morgan fingerprint density at radius 1 is 0.778 bits per heavy atom. The number of hydrogen-bond acceptors (Lipinski definition) is 1. The third-order valence-electron chi connectivity index (χ3n) is 3.04. The molecule has 3 rings (SSSR count). The molecule has 1 radical (unpaired) electrons. The molecule has 0 atom stereocenters. The van der Waals surface area contributed by atoms with E-state index < -0.39 is 0 Å². The molecule has 0 spiro atoms. The van der Waals surface area contributed by atoms with Gasteiger partial charge in [0.05, 0.1) is 0 Å². The van der Waals surface area contributed by atoms with E-state index in [0.29, 0.717) is 0 Å². The first-order valence-electron chi connectivity index (χ1n) is 5.62. The largest absolute Gasteiger partial charge is 0.813 e. The van der Waals surface area contributed by atoms with Gasteiger partial charge in [0, 0.05) is 32.7 Å². The molecule has 0 aliphatic heterocycles. The van der Waals surface area contributed by atoms with Crippen LogP contribution in [0.25, 0.3) is 12.2 Å². The van der Waals surface area contributed by atoms with Crippen LogP contribution in [0.15, 0.2) is 48.5 Å². The summed E-state index contributed by atoms with van der Waals surface area (Å²) >= 11 is 0. The summed E-state index contributed by atoms with van der Waals surface area (Å²) in [5.74, 6) is 0. The van der Waals surface area contributed by atoms with Gasteiger partial charge in [-0.3, -0.25) is 0 Å². The minimum absolute atomic E-state index is 0. The van der Waals surface area contributed by atoms with Gasteiger partial charge in [0.15, 0.2) is 0 Å². The second-order valence-corrected chi connectivity index (χ2v) is 4.07. The predicted molar refractivity (Wildman–Crippen MR) is 77.7 cm³/mol. The Morgan fingerprint density at radius 3 is 2.22 bits per heavy atom. The summed E-state index contributed by atoms with van der Waals surface area (Å²) < 4.78 is 0. The topological polar surface area (TPSA) is 0 Å². The maximum atomic E-state index is 2.30.